The first-order valence-electron chi connectivity index (χ1n) is 11.7. The number of aromatic hydroxyl groups is 1. The average molecular weight is 709 g/mol. The van der Waals surface area contributed by atoms with E-state index in [1.807, 2.05) is 36.2 Å². The largest absolute Gasteiger partial charge is 0.502 e. The van der Waals surface area contributed by atoms with E-state index in [0.717, 1.165) is 29.6 Å². The SMILES string of the molecule is CC[C@H]1/C=C/COc2c(ccc(I)c2I)[C@H](c2ccccc2C)N2CN1C(=O)c1c(O)c(=O)ccn12. The van der Waals surface area contributed by atoms with Crippen LogP contribution in [0.1, 0.15) is 46.6 Å². The van der Waals surface area contributed by atoms with E-state index in [2.05, 4.69) is 76.4 Å². The number of carbonyl (C=O) groups is 1. The van der Waals surface area contributed by atoms with E-state index in [9.17, 15) is 14.7 Å². The fourth-order valence-electron chi connectivity index (χ4n) is 4.91. The summed E-state index contributed by atoms with van der Waals surface area (Å²) in [6.45, 7) is 4.69. The van der Waals surface area contributed by atoms with Crippen molar-refractivity contribution in [3.05, 3.63) is 101 Å². The highest BCUT2D eigenvalue weighted by atomic mass is 127. The fraction of sp³-hybridized carbons (Fsp3) is 0.259. The molecule has 3 heterocycles. The van der Waals surface area contributed by atoms with Gasteiger partial charge in [0.1, 0.15) is 25.1 Å². The molecule has 2 aromatic carbocycles. The highest BCUT2D eigenvalue weighted by Gasteiger charge is 2.40. The lowest BCUT2D eigenvalue weighted by Gasteiger charge is -2.46. The monoisotopic (exact) mass is 709 g/mol. The second-order valence-electron chi connectivity index (χ2n) is 8.83. The molecule has 7 nitrogen and oxygen atoms in total. The van der Waals surface area contributed by atoms with Gasteiger partial charge in [-0.15, -0.1) is 0 Å². The van der Waals surface area contributed by atoms with Gasteiger partial charge in [0, 0.05) is 21.4 Å². The molecule has 1 N–H and O–H groups in total. The molecule has 2 atom stereocenters. The first-order chi connectivity index (χ1) is 17.3. The van der Waals surface area contributed by atoms with Crippen LogP contribution in [0.3, 0.4) is 0 Å². The van der Waals surface area contributed by atoms with Gasteiger partial charge in [0.2, 0.25) is 5.43 Å². The summed E-state index contributed by atoms with van der Waals surface area (Å²) in [5.74, 6) is -0.132. The minimum atomic E-state index is -0.579. The highest BCUT2D eigenvalue weighted by molar-refractivity contribution is 14.1. The van der Waals surface area contributed by atoms with E-state index < -0.39 is 11.2 Å². The maximum absolute atomic E-state index is 13.7. The number of carbonyl (C=O) groups excluding carboxylic acids is 1. The molecule has 1 amide bonds. The van der Waals surface area contributed by atoms with E-state index in [0.29, 0.717) is 13.0 Å². The molecular weight excluding hydrogens is 684 g/mol. The van der Waals surface area contributed by atoms with Crippen LogP contribution in [0.15, 0.2) is 65.6 Å². The third-order valence-electron chi connectivity index (χ3n) is 6.75. The third kappa shape index (κ3) is 4.19. The Morgan fingerprint density at radius 3 is 2.61 bits per heavy atom. The summed E-state index contributed by atoms with van der Waals surface area (Å²) in [6.07, 6.45) is 6.16. The number of amides is 1. The van der Waals surface area contributed by atoms with Crippen LogP contribution in [0.25, 0.3) is 0 Å². The summed E-state index contributed by atoms with van der Waals surface area (Å²) in [5, 5.41) is 12.8. The van der Waals surface area contributed by atoms with Gasteiger partial charge in [0.15, 0.2) is 11.4 Å². The molecule has 0 radical (unpaired) electrons. The highest BCUT2D eigenvalue weighted by Crippen LogP contribution is 2.41. The summed E-state index contributed by atoms with van der Waals surface area (Å²) in [6, 6.07) is 13.0. The Balaban J connectivity index is 1.87. The zero-order valence-corrected chi connectivity index (χ0v) is 24.1. The Hall–Kier alpha value is -2.54. The van der Waals surface area contributed by atoms with Crippen molar-refractivity contribution in [1.82, 2.24) is 9.58 Å². The number of hydrogen-bond donors (Lipinski definition) is 1. The summed E-state index contributed by atoms with van der Waals surface area (Å²) in [7, 11) is 0. The number of benzene rings is 2. The molecule has 3 aromatic rings. The summed E-state index contributed by atoms with van der Waals surface area (Å²) in [5.41, 5.74) is 2.46. The number of aromatic nitrogens is 1. The second-order valence-corrected chi connectivity index (χ2v) is 11.1. The van der Waals surface area contributed by atoms with Gasteiger partial charge in [0.05, 0.1) is 9.61 Å². The molecule has 2 aliphatic rings. The zero-order chi connectivity index (χ0) is 25.6. The van der Waals surface area contributed by atoms with Crippen LogP contribution in [0.5, 0.6) is 11.5 Å². The lowest BCUT2D eigenvalue weighted by molar-refractivity contribution is 0.0626. The van der Waals surface area contributed by atoms with Crippen molar-refractivity contribution in [2.24, 2.45) is 0 Å². The summed E-state index contributed by atoms with van der Waals surface area (Å²) in [4.78, 5) is 27.8. The van der Waals surface area contributed by atoms with E-state index in [-0.39, 0.29) is 30.4 Å². The van der Waals surface area contributed by atoms with Crippen molar-refractivity contribution in [1.29, 1.82) is 0 Å². The average Bonchev–Trinajstić information content (AvgIpc) is 2.89. The number of halogens is 2. The first kappa shape index (κ1) is 25.1. The Kier molecular flexibility index (Phi) is 7.03. The van der Waals surface area contributed by atoms with Crippen molar-refractivity contribution in [2.45, 2.75) is 32.4 Å². The smallest absolute Gasteiger partial charge is 0.278 e. The quantitative estimate of drug-likeness (QED) is 0.302. The molecule has 1 aromatic heterocycles. The van der Waals surface area contributed by atoms with Gasteiger partial charge in [-0.2, -0.15) is 0 Å². The minimum Gasteiger partial charge on any atom is -0.502 e. The Morgan fingerprint density at radius 2 is 1.86 bits per heavy atom. The van der Waals surface area contributed by atoms with Gasteiger partial charge in [-0.05, 0) is 81.8 Å². The summed E-state index contributed by atoms with van der Waals surface area (Å²) >= 11 is 4.63. The van der Waals surface area contributed by atoms with Crippen molar-refractivity contribution in [3.63, 3.8) is 0 Å². The van der Waals surface area contributed by atoms with Gasteiger partial charge in [0.25, 0.3) is 5.91 Å². The number of aryl methyl sites for hydroxylation is 1. The molecule has 0 spiro atoms. The Bertz CT molecular complexity index is 1440. The zero-order valence-electron chi connectivity index (χ0n) is 19.8. The van der Waals surface area contributed by atoms with Crippen molar-refractivity contribution < 1.29 is 14.6 Å². The molecule has 0 saturated carbocycles. The maximum atomic E-state index is 13.7. The van der Waals surface area contributed by atoms with Crippen LogP contribution in [-0.4, -0.2) is 39.9 Å². The lowest BCUT2D eigenvalue weighted by atomic mass is 9.93. The first-order valence-corrected chi connectivity index (χ1v) is 13.8. The van der Waals surface area contributed by atoms with Crippen LogP contribution in [0.2, 0.25) is 0 Å². The van der Waals surface area contributed by atoms with Crippen molar-refractivity contribution in [2.75, 3.05) is 18.3 Å². The molecular formula is C27H25I2N3O4. The van der Waals surface area contributed by atoms with Gasteiger partial charge in [-0.25, -0.2) is 0 Å². The van der Waals surface area contributed by atoms with E-state index in [1.54, 1.807) is 15.8 Å². The van der Waals surface area contributed by atoms with Gasteiger partial charge in [-0.3, -0.25) is 19.3 Å². The van der Waals surface area contributed by atoms with E-state index >= 15 is 0 Å². The van der Waals surface area contributed by atoms with E-state index in [4.69, 9.17) is 4.74 Å². The van der Waals surface area contributed by atoms with Crippen LogP contribution >= 0.6 is 45.2 Å². The molecule has 36 heavy (non-hydrogen) atoms. The molecule has 0 unspecified atom stereocenters. The molecule has 0 saturated heterocycles. The Labute approximate surface area is 236 Å². The number of rotatable bonds is 2. The number of fused-ring (bicyclic) bond motifs is 5. The van der Waals surface area contributed by atoms with Gasteiger partial charge < -0.3 is 14.7 Å². The Morgan fingerprint density at radius 1 is 1.08 bits per heavy atom. The number of nitrogens with zero attached hydrogens (tertiary/aromatic N) is 3. The van der Waals surface area contributed by atoms with E-state index in [1.165, 1.54) is 6.07 Å². The predicted molar refractivity (Wildman–Crippen MR) is 155 cm³/mol. The topological polar surface area (TPSA) is 75.0 Å². The van der Waals surface area contributed by atoms with Crippen LogP contribution in [0, 0.1) is 14.1 Å². The molecule has 5 rings (SSSR count). The standard InChI is InChI=1S/C27H25I2N3O4/c1-3-17-8-6-14-36-26-19(10-11-20(28)22(26)29)23(18-9-5-4-7-16(18)2)32-15-30(17)27(35)24-25(34)21(33)12-13-31(24)32/h4-13,17,23,34H,3,14-15H2,1-2H3/b8-6+/t17-,23-/m0/s1. The molecule has 2 aliphatic heterocycles. The number of pyridine rings is 1. The molecule has 9 heteroatoms. The number of hydrogen-bond acceptors (Lipinski definition) is 5. The third-order valence-corrected chi connectivity index (χ3v) is 9.75. The van der Waals surface area contributed by atoms with Crippen molar-refractivity contribution in [3.8, 4) is 11.5 Å². The van der Waals surface area contributed by atoms with Crippen LogP contribution < -0.4 is 15.2 Å². The second kappa shape index (κ2) is 10.1. The van der Waals surface area contributed by atoms with Crippen LogP contribution in [0.4, 0.5) is 0 Å². The normalized spacial score (nSPS) is 20.2. The lowest BCUT2D eigenvalue weighted by Crippen LogP contribution is -2.57. The summed E-state index contributed by atoms with van der Waals surface area (Å²) < 4.78 is 10.1. The molecule has 0 fully saturated rings. The molecule has 2 bridgehead atoms. The fourth-order valence-corrected chi connectivity index (χ4v) is 5.98. The maximum Gasteiger partial charge on any atom is 0.278 e. The predicted octanol–water partition coefficient (Wildman–Crippen LogP) is 4.94. The molecule has 186 valence electrons. The van der Waals surface area contributed by atoms with Crippen LogP contribution in [-0.2, 0) is 0 Å². The number of ether oxygens (including phenoxy) is 1. The minimum absolute atomic E-state index is 0.0268. The van der Waals surface area contributed by atoms with Gasteiger partial charge in [-0.1, -0.05) is 43.3 Å². The van der Waals surface area contributed by atoms with Crippen molar-refractivity contribution >= 4 is 51.1 Å². The molecule has 0 aliphatic carbocycles. The van der Waals surface area contributed by atoms with Gasteiger partial charge >= 0.3 is 0 Å².